The third-order valence-corrected chi connectivity index (χ3v) is 2.84. The monoisotopic (exact) mass is 272 g/mol. The van der Waals surface area contributed by atoms with E-state index in [1.165, 1.54) is 6.07 Å². The molecule has 5 nitrogen and oxygen atoms in total. The molecule has 0 saturated heterocycles. The minimum absolute atomic E-state index is 0.0400. The van der Waals surface area contributed by atoms with Gasteiger partial charge in [-0.25, -0.2) is 9.78 Å². The molecule has 0 aliphatic rings. The SMILES string of the molecule is CCc1nc(C)ccc1Oc1nc(C)ccc1C(=O)O. The van der Waals surface area contributed by atoms with Crippen molar-refractivity contribution in [2.75, 3.05) is 0 Å². The molecule has 0 radical (unpaired) electrons. The third kappa shape index (κ3) is 2.93. The van der Waals surface area contributed by atoms with E-state index < -0.39 is 5.97 Å². The fourth-order valence-electron chi connectivity index (χ4n) is 1.82. The molecule has 2 rings (SSSR count). The summed E-state index contributed by atoms with van der Waals surface area (Å²) in [7, 11) is 0. The van der Waals surface area contributed by atoms with Gasteiger partial charge in [0.15, 0.2) is 5.75 Å². The van der Waals surface area contributed by atoms with Gasteiger partial charge in [-0.05, 0) is 44.5 Å². The van der Waals surface area contributed by atoms with Gasteiger partial charge < -0.3 is 9.84 Å². The number of rotatable bonds is 4. The molecular formula is C15H16N2O3. The number of aromatic nitrogens is 2. The van der Waals surface area contributed by atoms with Crippen LogP contribution in [-0.2, 0) is 6.42 Å². The predicted octanol–water partition coefficient (Wildman–Crippen LogP) is 3.15. The number of hydrogen-bond donors (Lipinski definition) is 1. The number of aromatic carboxylic acids is 1. The zero-order valence-corrected chi connectivity index (χ0v) is 11.7. The summed E-state index contributed by atoms with van der Waals surface area (Å²) in [5, 5.41) is 9.17. The maximum absolute atomic E-state index is 11.2. The van der Waals surface area contributed by atoms with Gasteiger partial charge in [-0.3, -0.25) is 4.98 Å². The second-order valence-corrected chi connectivity index (χ2v) is 4.46. The Balaban J connectivity index is 2.44. The van der Waals surface area contributed by atoms with Crippen molar-refractivity contribution in [3.8, 4) is 11.6 Å². The van der Waals surface area contributed by atoms with Crippen LogP contribution in [0.3, 0.4) is 0 Å². The first kappa shape index (κ1) is 14.0. The fraction of sp³-hybridized carbons (Fsp3) is 0.267. The van der Waals surface area contributed by atoms with E-state index in [9.17, 15) is 4.79 Å². The summed E-state index contributed by atoms with van der Waals surface area (Å²) in [6.45, 7) is 5.65. The quantitative estimate of drug-likeness (QED) is 0.925. The van der Waals surface area contributed by atoms with Crippen LogP contribution in [0.15, 0.2) is 24.3 Å². The molecule has 0 fully saturated rings. The average Bonchev–Trinajstić information content (AvgIpc) is 2.40. The Morgan fingerprint density at radius 3 is 2.45 bits per heavy atom. The molecule has 104 valence electrons. The molecule has 0 aromatic carbocycles. The van der Waals surface area contributed by atoms with Crippen LogP contribution in [0.4, 0.5) is 0 Å². The van der Waals surface area contributed by atoms with Gasteiger partial charge in [0.2, 0.25) is 5.88 Å². The van der Waals surface area contributed by atoms with Gasteiger partial charge in [0, 0.05) is 11.4 Å². The molecule has 0 amide bonds. The normalized spacial score (nSPS) is 10.3. The molecular weight excluding hydrogens is 256 g/mol. The molecule has 20 heavy (non-hydrogen) atoms. The first-order chi connectivity index (χ1) is 9.51. The molecule has 0 unspecified atom stereocenters. The van der Waals surface area contributed by atoms with E-state index in [0.29, 0.717) is 17.9 Å². The van der Waals surface area contributed by atoms with Crippen molar-refractivity contribution in [1.29, 1.82) is 0 Å². The van der Waals surface area contributed by atoms with Crippen LogP contribution in [0.1, 0.15) is 34.4 Å². The zero-order valence-electron chi connectivity index (χ0n) is 11.7. The summed E-state index contributed by atoms with van der Waals surface area (Å²) in [5.41, 5.74) is 2.41. The van der Waals surface area contributed by atoms with Crippen LogP contribution in [0.5, 0.6) is 11.6 Å². The van der Waals surface area contributed by atoms with Crippen molar-refractivity contribution in [3.63, 3.8) is 0 Å². The lowest BCUT2D eigenvalue weighted by Gasteiger charge is -2.11. The second-order valence-electron chi connectivity index (χ2n) is 4.46. The standard InChI is InChI=1S/C15H16N2O3/c1-4-12-13(8-6-9(2)16-12)20-14-11(15(18)19)7-5-10(3)17-14/h5-8H,4H2,1-3H3,(H,18,19). The van der Waals surface area contributed by atoms with E-state index in [-0.39, 0.29) is 11.4 Å². The Morgan fingerprint density at radius 1 is 1.15 bits per heavy atom. The van der Waals surface area contributed by atoms with E-state index in [1.54, 1.807) is 19.1 Å². The van der Waals surface area contributed by atoms with Crippen molar-refractivity contribution >= 4 is 5.97 Å². The Labute approximate surface area is 117 Å². The maximum Gasteiger partial charge on any atom is 0.341 e. The molecule has 0 atom stereocenters. The molecule has 2 heterocycles. The lowest BCUT2D eigenvalue weighted by molar-refractivity contribution is 0.0693. The van der Waals surface area contributed by atoms with Crippen LogP contribution in [0.2, 0.25) is 0 Å². The second kappa shape index (κ2) is 5.69. The van der Waals surface area contributed by atoms with Crippen LogP contribution in [-0.4, -0.2) is 21.0 Å². The molecule has 5 heteroatoms. The fourth-order valence-corrected chi connectivity index (χ4v) is 1.82. The first-order valence-electron chi connectivity index (χ1n) is 6.36. The number of carboxylic acids is 1. The highest BCUT2D eigenvalue weighted by Crippen LogP contribution is 2.26. The van der Waals surface area contributed by atoms with E-state index in [0.717, 1.165) is 11.4 Å². The summed E-state index contributed by atoms with van der Waals surface area (Å²) < 4.78 is 5.67. The smallest absolute Gasteiger partial charge is 0.341 e. The van der Waals surface area contributed by atoms with Gasteiger partial charge in [0.25, 0.3) is 0 Å². The van der Waals surface area contributed by atoms with E-state index >= 15 is 0 Å². The Bertz CT molecular complexity index is 654. The topological polar surface area (TPSA) is 72.3 Å². The van der Waals surface area contributed by atoms with Crippen molar-refractivity contribution < 1.29 is 14.6 Å². The summed E-state index contributed by atoms with van der Waals surface area (Å²) >= 11 is 0. The predicted molar refractivity (Wildman–Crippen MR) is 74.4 cm³/mol. The summed E-state index contributed by atoms with van der Waals surface area (Å²) in [5.74, 6) is -0.429. The van der Waals surface area contributed by atoms with Crippen molar-refractivity contribution in [2.45, 2.75) is 27.2 Å². The van der Waals surface area contributed by atoms with Gasteiger partial charge in [-0.1, -0.05) is 6.92 Å². The van der Waals surface area contributed by atoms with Crippen molar-refractivity contribution in [2.24, 2.45) is 0 Å². The molecule has 0 aliphatic heterocycles. The summed E-state index contributed by atoms with van der Waals surface area (Å²) in [6, 6.07) is 6.75. The van der Waals surface area contributed by atoms with E-state index in [2.05, 4.69) is 9.97 Å². The molecule has 0 spiro atoms. The highest BCUT2D eigenvalue weighted by molar-refractivity contribution is 5.90. The third-order valence-electron chi connectivity index (χ3n) is 2.84. The highest BCUT2D eigenvalue weighted by Gasteiger charge is 2.15. The molecule has 0 saturated carbocycles. The Morgan fingerprint density at radius 2 is 1.80 bits per heavy atom. The number of carbonyl (C=O) groups is 1. The van der Waals surface area contributed by atoms with E-state index in [4.69, 9.17) is 9.84 Å². The van der Waals surface area contributed by atoms with Crippen LogP contribution in [0, 0.1) is 13.8 Å². The number of nitrogens with zero attached hydrogens (tertiary/aromatic N) is 2. The largest absolute Gasteiger partial charge is 0.477 e. The van der Waals surface area contributed by atoms with Crippen molar-refractivity contribution in [1.82, 2.24) is 9.97 Å². The van der Waals surface area contributed by atoms with Crippen LogP contribution >= 0.6 is 0 Å². The number of pyridine rings is 2. The molecule has 1 N–H and O–H groups in total. The maximum atomic E-state index is 11.2. The van der Waals surface area contributed by atoms with Crippen molar-refractivity contribution in [3.05, 3.63) is 46.9 Å². The Kier molecular flexibility index (Phi) is 3.98. The minimum atomic E-state index is -1.06. The first-order valence-corrected chi connectivity index (χ1v) is 6.36. The number of ether oxygens (including phenoxy) is 1. The number of aryl methyl sites for hydroxylation is 3. The molecule has 2 aromatic rings. The van der Waals surface area contributed by atoms with Gasteiger partial charge in [-0.2, -0.15) is 0 Å². The van der Waals surface area contributed by atoms with Crippen LogP contribution in [0.25, 0.3) is 0 Å². The van der Waals surface area contributed by atoms with Gasteiger partial charge in [-0.15, -0.1) is 0 Å². The summed E-state index contributed by atoms with van der Waals surface area (Å²) in [4.78, 5) is 19.7. The molecule has 2 aromatic heterocycles. The lowest BCUT2D eigenvalue weighted by Crippen LogP contribution is -2.04. The van der Waals surface area contributed by atoms with Gasteiger partial charge in [0.1, 0.15) is 5.56 Å². The van der Waals surface area contributed by atoms with Gasteiger partial charge >= 0.3 is 5.97 Å². The average molecular weight is 272 g/mol. The van der Waals surface area contributed by atoms with Gasteiger partial charge in [0.05, 0.1) is 5.69 Å². The Hall–Kier alpha value is -2.43. The lowest BCUT2D eigenvalue weighted by atomic mass is 10.2. The molecule has 0 aliphatic carbocycles. The number of hydrogen-bond acceptors (Lipinski definition) is 4. The zero-order chi connectivity index (χ0) is 14.7. The number of carboxylic acid groups (broad SMARTS) is 1. The highest BCUT2D eigenvalue weighted by atomic mass is 16.5. The summed E-state index contributed by atoms with van der Waals surface area (Å²) in [6.07, 6.45) is 0.700. The molecule has 0 bridgehead atoms. The minimum Gasteiger partial charge on any atom is -0.477 e. The van der Waals surface area contributed by atoms with Crippen LogP contribution < -0.4 is 4.74 Å². The van der Waals surface area contributed by atoms with E-state index in [1.807, 2.05) is 19.9 Å².